The molecule has 1 aliphatic heterocycles. The first-order valence-corrected chi connectivity index (χ1v) is 17.8. The number of nitrogens with zero attached hydrogens (tertiary/aromatic N) is 1. The summed E-state index contributed by atoms with van der Waals surface area (Å²) in [5.41, 5.74) is 5.43. The summed E-state index contributed by atoms with van der Waals surface area (Å²) in [6.07, 6.45) is -0.0950. The average Bonchev–Trinajstić information content (AvgIpc) is 3.58. The molecule has 3 N–H and O–H groups in total. The second-order valence-corrected chi connectivity index (χ2v) is 13.9. The number of rotatable bonds is 11. The number of aliphatic hydroxyl groups excluding tert-OH is 1. The Kier molecular flexibility index (Phi) is 10.5. The number of hydrogen-bond acceptors (Lipinski definition) is 8. The average molecular weight is 690 g/mol. The highest BCUT2D eigenvalue weighted by Crippen LogP contribution is 2.40. The van der Waals surface area contributed by atoms with Crippen LogP contribution in [-0.2, 0) is 22.6 Å². The SMILES string of the molecule is O=C(NCc1ccc(C2OC(CSc3nc4ccccc4s3)CC(c3ccc(CO)cc3)O2)cc1)Nc1ccc(Oc2ccccc2)cc1. The standard InChI is InChI=1S/C39H35N3O5S2/c43-24-27-12-14-28(15-13-27)35-22-33(25-48-39-42-34-8-4-5-9-36(34)49-39)46-37(47-35)29-16-10-26(11-17-29)23-40-38(44)41-30-18-20-32(21-19-30)45-31-6-2-1-3-7-31/h1-21,33,35,37,43H,22-25H2,(H2,40,41,44). The van der Waals surface area contributed by atoms with Crippen molar-refractivity contribution in [3.05, 3.63) is 150 Å². The van der Waals surface area contributed by atoms with E-state index in [1.54, 1.807) is 35.2 Å². The van der Waals surface area contributed by atoms with E-state index in [0.717, 1.165) is 43.6 Å². The molecule has 6 aromatic rings. The van der Waals surface area contributed by atoms with Crippen LogP contribution in [0, 0.1) is 0 Å². The van der Waals surface area contributed by atoms with Gasteiger partial charge in [0.25, 0.3) is 0 Å². The van der Waals surface area contributed by atoms with Crippen LogP contribution in [0.3, 0.4) is 0 Å². The highest BCUT2D eigenvalue weighted by Gasteiger charge is 2.32. The van der Waals surface area contributed by atoms with Crippen LogP contribution in [0.5, 0.6) is 11.5 Å². The van der Waals surface area contributed by atoms with Crippen molar-refractivity contribution < 1.29 is 24.1 Å². The van der Waals surface area contributed by atoms with Crippen molar-refractivity contribution >= 4 is 45.0 Å². The zero-order chi connectivity index (χ0) is 33.4. The predicted molar refractivity (Wildman–Crippen MR) is 194 cm³/mol. The largest absolute Gasteiger partial charge is 0.457 e. The molecule has 8 nitrogen and oxygen atoms in total. The number of para-hydroxylation sites is 2. The topological polar surface area (TPSA) is 102 Å². The monoisotopic (exact) mass is 689 g/mol. The van der Waals surface area contributed by atoms with Gasteiger partial charge in [0.05, 0.1) is 29.0 Å². The Labute approximate surface area is 293 Å². The summed E-state index contributed by atoms with van der Waals surface area (Å²) in [6.45, 7) is 0.356. The molecule has 49 heavy (non-hydrogen) atoms. The zero-order valence-electron chi connectivity index (χ0n) is 26.5. The van der Waals surface area contributed by atoms with Crippen molar-refractivity contribution in [2.24, 2.45) is 0 Å². The van der Waals surface area contributed by atoms with Gasteiger partial charge in [-0.2, -0.15) is 0 Å². The summed E-state index contributed by atoms with van der Waals surface area (Å²) in [4.78, 5) is 17.4. The summed E-state index contributed by atoms with van der Waals surface area (Å²) in [5.74, 6) is 2.18. The molecule has 1 fully saturated rings. The molecule has 7 rings (SSSR count). The minimum absolute atomic E-state index is 0.000444. The van der Waals surface area contributed by atoms with Gasteiger partial charge >= 0.3 is 6.03 Å². The van der Waals surface area contributed by atoms with Gasteiger partial charge in [0, 0.05) is 30.0 Å². The normalized spacial score (nSPS) is 17.4. The van der Waals surface area contributed by atoms with Crippen LogP contribution in [0.15, 0.2) is 132 Å². The number of anilines is 1. The number of carbonyl (C=O) groups is 1. The van der Waals surface area contributed by atoms with Crippen molar-refractivity contribution in [1.29, 1.82) is 0 Å². The van der Waals surface area contributed by atoms with Gasteiger partial charge in [0.1, 0.15) is 11.5 Å². The highest BCUT2D eigenvalue weighted by atomic mass is 32.2. The van der Waals surface area contributed by atoms with Crippen molar-refractivity contribution in [2.75, 3.05) is 11.1 Å². The first kappa shape index (κ1) is 32.8. The van der Waals surface area contributed by atoms with E-state index in [4.69, 9.17) is 19.2 Å². The van der Waals surface area contributed by atoms with Gasteiger partial charge in [-0.1, -0.05) is 90.6 Å². The number of ether oxygens (including phenoxy) is 3. The summed E-state index contributed by atoms with van der Waals surface area (Å²) in [6, 6.07) is 40.5. The number of carbonyl (C=O) groups excluding carboxylic acids is 1. The van der Waals surface area contributed by atoms with Crippen molar-refractivity contribution in [2.45, 2.75) is 42.4 Å². The minimum Gasteiger partial charge on any atom is -0.457 e. The van der Waals surface area contributed by atoms with E-state index in [2.05, 4.69) is 16.7 Å². The maximum absolute atomic E-state index is 12.6. The molecule has 3 unspecified atom stereocenters. The van der Waals surface area contributed by atoms with Gasteiger partial charge in [0.2, 0.25) is 0 Å². The van der Waals surface area contributed by atoms with Gasteiger partial charge in [-0.15, -0.1) is 11.3 Å². The van der Waals surface area contributed by atoms with Crippen LogP contribution in [0.25, 0.3) is 10.2 Å². The van der Waals surface area contributed by atoms with Crippen LogP contribution in [0.1, 0.15) is 41.1 Å². The Bertz CT molecular complexity index is 1940. The first-order chi connectivity index (χ1) is 24.1. The number of aromatic nitrogens is 1. The first-order valence-electron chi connectivity index (χ1n) is 16.0. The van der Waals surface area contributed by atoms with E-state index in [1.165, 1.54) is 4.70 Å². The number of benzene rings is 5. The lowest BCUT2D eigenvalue weighted by molar-refractivity contribution is -0.245. The van der Waals surface area contributed by atoms with Crippen molar-refractivity contribution in [3.63, 3.8) is 0 Å². The smallest absolute Gasteiger partial charge is 0.319 e. The Balaban J connectivity index is 0.961. The fourth-order valence-corrected chi connectivity index (χ4v) is 7.59. The van der Waals surface area contributed by atoms with E-state index in [9.17, 15) is 9.90 Å². The van der Waals surface area contributed by atoms with E-state index in [0.29, 0.717) is 24.4 Å². The van der Waals surface area contributed by atoms with Crippen LogP contribution in [0.4, 0.5) is 10.5 Å². The maximum atomic E-state index is 12.6. The summed E-state index contributed by atoms with van der Waals surface area (Å²) < 4.78 is 21.0. The summed E-state index contributed by atoms with van der Waals surface area (Å²) in [5, 5.41) is 15.3. The van der Waals surface area contributed by atoms with E-state index in [1.807, 2.05) is 109 Å². The van der Waals surface area contributed by atoms with Gasteiger partial charge < -0.3 is 30.0 Å². The molecule has 10 heteroatoms. The quantitative estimate of drug-likeness (QED) is 0.117. The molecule has 0 spiro atoms. The van der Waals surface area contributed by atoms with Gasteiger partial charge in [-0.3, -0.25) is 0 Å². The summed E-state index contributed by atoms with van der Waals surface area (Å²) >= 11 is 3.40. The number of thiazole rings is 1. The number of aliphatic hydroxyl groups is 1. The fourth-order valence-electron chi connectivity index (χ4n) is 5.48. The van der Waals surface area contributed by atoms with Crippen molar-refractivity contribution in [3.8, 4) is 11.5 Å². The second kappa shape index (κ2) is 15.7. The van der Waals surface area contributed by atoms with E-state index >= 15 is 0 Å². The Morgan fingerprint density at radius 2 is 1.51 bits per heavy atom. The van der Waals surface area contributed by atoms with Crippen LogP contribution >= 0.6 is 23.1 Å². The molecule has 0 radical (unpaired) electrons. The molecule has 1 aliphatic rings. The molecule has 1 aromatic heterocycles. The third kappa shape index (κ3) is 8.66. The van der Waals surface area contributed by atoms with Crippen LogP contribution in [-0.4, -0.2) is 28.0 Å². The zero-order valence-corrected chi connectivity index (χ0v) is 28.2. The molecule has 248 valence electrons. The number of nitrogens with one attached hydrogen (secondary N) is 2. The van der Waals surface area contributed by atoms with Crippen molar-refractivity contribution in [1.82, 2.24) is 10.3 Å². The molecule has 3 atom stereocenters. The number of urea groups is 1. The minimum atomic E-state index is -0.559. The maximum Gasteiger partial charge on any atom is 0.319 e. The lowest BCUT2D eigenvalue weighted by Crippen LogP contribution is -2.31. The lowest BCUT2D eigenvalue weighted by atomic mass is 10.0. The number of amides is 2. The second-order valence-electron chi connectivity index (χ2n) is 11.6. The van der Waals surface area contributed by atoms with E-state index in [-0.39, 0.29) is 24.8 Å². The van der Waals surface area contributed by atoms with Gasteiger partial charge in [-0.25, -0.2) is 9.78 Å². The Morgan fingerprint density at radius 1 is 0.816 bits per heavy atom. The Hall–Kier alpha value is -4.71. The molecule has 1 saturated heterocycles. The summed E-state index contributed by atoms with van der Waals surface area (Å²) in [7, 11) is 0. The number of hydrogen-bond donors (Lipinski definition) is 3. The number of fused-ring (bicyclic) bond motifs is 1. The molecular weight excluding hydrogens is 655 g/mol. The molecular formula is C39H35N3O5S2. The molecule has 0 bridgehead atoms. The van der Waals surface area contributed by atoms with Crippen LogP contribution in [0.2, 0.25) is 0 Å². The third-order valence-corrected chi connectivity index (χ3v) is 10.4. The highest BCUT2D eigenvalue weighted by molar-refractivity contribution is 8.01. The van der Waals surface area contributed by atoms with Crippen LogP contribution < -0.4 is 15.4 Å². The molecule has 2 heterocycles. The van der Waals surface area contributed by atoms with Gasteiger partial charge in [0.15, 0.2) is 10.6 Å². The fraction of sp³-hybridized carbons (Fsp3) is 0.179. The predicted octanol–water partition coefficient (Wildman–Crippen LogP) is 9.24. The molecule has 5 aromatic carbocycles. The third-order valence-electron chi connectivity index (χ3n) is 8.08. The number of thioether (sulfide) groups is 1. The van der Waals surface area contributed by atoms with Gasteiger partial charge in [-0.05, 0) is 65.2 Å². The van der Waals surface area contributed by atoms with E-state index < -0.39 is 6.29 Å². The molecule has 2 amide bonds. The lowest BCUT2D eigenvalue weighted by Gasteiger charge is -2.36. The molecule has 0 aliphatic carbocycles. The Morgan fingerprint density at radius 3 is 2.27 bits per heavy atom. The molecule has 0 saturated carbocycles.